The van der Waals surface area contributed by atoms with Crippen LogP contribution >= 0.6 is 0 Å². The van der Waals surface area contributed by atoms with E-state index >= 15 is 0 Å². The number of hydrogen-bond donors (Lipinski definition) is 0. The molecule has 1 heteroatoms. The molecule has 15 heavy (non-hydrogen) atoms. The van der Waals surface area contributed by atoms with Gasteiger partial charge in [-0.25, -0.2) is 0 Å². The average Bonchev–Trinajstić information content (AvgIpc) is 2.00. The molecule has 0 unspecified atom stereocenters. The lowest BCUT2D eigenvalue weighted by Gasteiger charge is -2.29. The van der Waals surface area contributed by atoms with Crippen molar-refractivity contribution >= 4 is 0 Å². The summed E-state index contributed by atoms with van der Waals surface area (Å²) in [5.74, 6) is 0. The van der Waals surface area contributed by atoms with E-state index in [0.29, 0.717) is 0 Å². The fourth-order valence-corrected chi connectivity index (χ4v) is 1.73. The van der Waals surface area contributed by atoms with Crippen LogP contribution in [0.3, 0.4) is 0 Å². The third-order valence-corrected chi connectivity index (χ3v) is 2.55. The van der Waals surface area contributed by atoms with Crippen molar-refractivity contribution < 1.29 is 0 Å². The van der Waals surface area contributed by atoms with Gasteiger partial charge in [-0.05, 0) is 24.0 Å². The van der Waals surface area contributed by atoms with Crippen molar-refractivity contribution in [1.82, 2.24) is 4.98 Å². The molecule has 1 rings (SSSR count). The Bertz CT molecular complexity index is 351. The van der Waals surface area contributed by atoms with E-state index in [0.717, 1.165) is 5.69 Å². The van der Waals surface area contributed by atoms with Crippen LogP contribution in [0, 0.1) is 6.92 Å². The Morgan fingerprint density at radius 2 is 1.40 bits per heavy atom. The van der Waals surface area contributed by atoms with Gasteiger partial charge in [0.15, 0.2) is 0 Å². The van der Waals surface area contributed by atoms with Crippen LogP contribution in [-0.2, 0) is 10.8 Å². The fourth-order valence-electron chi connectivity index (χ4n) is 1.73. The summed E-state index contributed by atoms with van der Waals surface area (Å²) in [6.07, 6.45) is 0. The highest BCUT2D eigenvalue weighted by molar-refractivity contribution is 5.33. The van der Waals surface area contributed by atoms with Gasteiger partial charge in [-0.15, -0.1) is 0 Å². The molecule has 0 saturated carbocycles. The van der Waals surface area contributed by atoms with Gasteiger partial charge >= 0.3 is 0 Å². The molecule has 0 amide bonds. The van der Waals surface area contributed by atoms with E-state index in [2.05, 4.69) is 60.6 Å². The molecule has 0 fully saturated rings. The van der Waals surface area contributed by atoms with Gasteiger partial charge in [-0.1, -0.05) is 47.6 Å². The van der Waals surface area contributed by atoms with Crippen LogP contribution in [0.2, 0.25) is 0 Å². The Morgan fingerprint density at radius 1 is 0.867 bits per heavy atom. The molecule has 0 saturated heterocycles. The number of rotatable bonds is 0. The zero-order valence-corrected chi connectivity index (χ0v) is 11.1. The lowest BCUT2D eigenvalue weighted by molar-refractivity contribution is 0.512. The molecule has 1 aromatic heterocycles. The average molecular weight is 205 g/mol. The van der Waals surface area contributed by atoms with Gasteiger partial charge in [-0.3, -0.25) is 4.98 Å². The van der Waals surface area contributed by atoms with Gasteiger partial charge < -0.3 is 0 Å². The highest BCUT2D eigenvalue weighted by Gasteiger charge is 2.26. The van der Waals surface area contributed by atoms with Crippen molar-refractivity contribution in [3.63, 3.8) is 0 Å². The smallest absolute Gasteiger partial charge is 0.0497 e. The van der Waals surface area contributed by atoms with E-state index in [1.54, 1.807) is 0 Å². The third-order valence-electron chi connectivity index (χ3n) is 2.55. The number of aryl methyl sites for hydroxylation is 1. The predicted octanol–water partition coefficient (Wildman–Crippen LogP) is 3.99. The number of nitrogens with zero attached hydrogens (tertiary/aromatic N) is 1. The van der Waals surface area contributed by atoms with E-state index in [4.69, 9.17) is 4.98 Å². The fraction of sp³-hybridized carbons (Fsp3) is 0.643. The summed E-state index contributed by atoms with van der Waals surface area (Å²) in [6, 6.07) is 4.33. The first-order valence-corrected chi connectivity index (χ1v) is 5.61. The highest BCUT2D eigenvalue weighted by atomic mass is 14.7. The Hall–Kier alpha value is -0.850. The van der Waals surface area contributed by atoms with Gasteiger partial charge in [0.1, 0.15) is 0 Å². The standard InChI is InChI=1S/C14H23N/c1-10-8-9-11(13(2,3)4)12(15-10)14(5,6)7/h8-9H,1-7H3. The second kappa shape index (κ2) is 3.62. The van der Waals surface area contributed by atoms with Crippen molar-refractivity contribution in [1.29, 1.82) is 0 Å². The number of aromatic nitrogens is 1. The van der Waals surface area contributed by atoms with Crippen molar-refractivity contribution in [3.8, 4) is 0 Å². The Balaban J connectivity index is 3.41. The van der Waals surface area contributed by atoms with Crippen molar-refractivity contribution in [3.05, 3.63) is 29.1 Å². The van der Waals surface area contributed by atoms with E-state index in [1.807, 2.05) is 0 Å². The maximum atomic E-state index is 4.71. The summed E-state index contributed by atoms with van der Waals surface area (Å²) in [5, 5.41) is 0. The minimum atomic E-state index is 0.120. The molecule has 0 aliphatic carbocycles. The molecule has 0 radical (unpaired) electrons. The topological polar surface area (TPSA) is 12.9 Å². The van der Waals surface area contributed by atoms with Gasteiger partial charge in [-0.2, -0.15) is 0 Å². The van der Waals surface area contributed by atoms with E-state index < -0.39 is 0 Å². The maximum absolute atomic E-state index is 4.71. The molecule has 0 aliphatic heterocycles. The SMILES string of the molecule is Cc1ccc(C(C)(C)C)c(C(C)(C)C)n1. The summed E-state index contributed by atoms with van der Waals surface area (Å²) in [5.41, 5.74) is 3.99. The Labute approximate surface area is 93.9 Å². The quantitative estimate of drug-likeness (QED) is 0.624. The van der Waals surface area contributed by atoms with Crippen LogP contribution < -0.4 is 0 Å². The van der Waals surface area contributed by atoms with Crippen molar-refractivity contribution in [2.45, 2.75) is 59.3 Å². The van der Waals surface area contributed by atoms with E-state index in [9.17, 15) is 0 Å². The summed E-state index contributed by atoms with van der Waals surface area (Å²) < 4.78 is 0. The molecule has 0 N–H and O–H groups in total. The molecule has 1 heterocycles. The summed E-state index contributed by atoms with van der Waals surface area (Å²) in [7, 11) is 0. The summed E-state index contributed by atoms with van der Waals surface area (Å²) >= 11 is 0. The molecular formula is C14H23N. The molecule has 0 bridgehead atoms. The van der Waals surface area contributed by atoms with Gasteiger partial charge in [0.2, 0.25) is 0 Å². The van der Waals surface area contributed by atoms with Gasteiger partial charge in [0, 0.05) is 16.8 Å². The first-order chi connectivity index (χ1) is 6.62. The Morgan fingerprint density at radius 3 is 1.80 bits per heavy atom. The van der Waals surface area contributed by atoms with Crippen LogP contribution in [0.4, 0.5) is 0 Å². The summed E-state index contributed by atoms with van der Waals surface area (Å²) in [6.45, 7) is 15.5. The van der Waals surface area contributed by atoms with Crippen LogP contribution in [0.15, 0.2) is 12.1 Å². The molecule has 84 valence electrons. The van der Waals surface area contributed by atoms with Crippen molar-refractivity contribution in [2.24, 2.45) is 0 Å². The first kappa shape index (κ1) is 12.2. The summed E-state index contributed by atoms with van der Waals surface area (Å²) in [4.78, 5) is 4.71. The zero-order chi connectivity index (χ0) is 11.9. The molecule has 1 nitrogen and oxygen atoms in total. The second-order valence-corrected chi connectivity index (χ2v) is 6.35. The number of pyridine rings is 1. The lowest BCUT2D eigenvalue weighted by Crippen LogP contribution is -2.23. The van der Waals surface area contributed by atoms with Gasteiger partial charge in [0.25, 0.3) is 0 Å². The minimum absolute atomic E-state index is 0.120. The first-order valence-electron chi connectivity index (χ1n) is 5.61. The monoisotopic (exact) mass is 205 g/mol. The molecule has 0 spiro atoms. The third kappa shape index (κ3) is 2.80. The molecule has 0 aromatic carbocycles. The van der Waals surface area contributed by atoms with Crippen molar-refractivity contribution in [2.75, 3.05) is 0 Å². The number of hydrogen-bond acceptors (Lipinski definition) is 1. The second-order valence-electron chi connectivity index (χ2n) is 6.35. The molecule has 1 aromatic rings. The van der Waals surface area contributed by atoms with Crippen LogP contribution in [0.1, 0.15) is 58.5 Å². The van der Waals surface area contributed by atoms with Crippen LogP contribution in [-0.4, -0.2) is 4.98 Å². The highest BCUT2D eigenvalue weighted by Crippen LogP contribution is 2.32. The van der Waals surface area contributed by atoms with E-state index in [-0.39, 0.29) is 10.8 Å². The molecular weight excluding hydrogens is 182 g/mol. The largest absolute Gasteiger partial charge is 0.257 e. The Kier molecular flexibility index (Phi) is 2.95. The minimum Gasteiger partial charge on any atom is -0.257 e. The maximum Gasteiger partial charge on any atom is 0.0497 e. The predicted molar refractivity (Wildman–Crippen MR) is 66.4 cm³/mol. The molecule has 0 atom stereocenters. The molecule has 0 aliphatic rings. The zero-order valence-electron chi connectivity index (χ0n) is 11.1. The van der Waals surface area contributed by atoms with Gasteiger partial charge in [0.05, 0.1) is 0 Å². The lowest BCUT2D eigenvalue weighted by atomic mass is 9.78. The van der Waals surface area contributed by atoms with Crippen LogP contribution in [0.5, 0.6) is 0 Å². The van der Waals surface area contributed by atoms with Crippen LogP contribution in [0.25, 0.3) is 0 Å². The van der Waals surface area contributed by atoms with E-state index in [1.165, 1.54) is 11.3 Å². The normalized spacial score (nSPS) is 13.0.